The first-order chi connectivity index (χ1) is 8.51. The third-order valence-electron chi connectivity index (χ3n) is 2.48. The molecule has 0 aliphatic heterocycles. The van der Waals surface area contributed by atoms with Gasteiger partial charge in [0.1, 0.15) is 16.7 Å². The van der Waals surface area contributed by atoms with Gasteiger partial charge >= 0.3 is 0 Å². The predicted molar refractivity (Wildman–Crippen MR) is 72.8 cm³/mol. The summed E-state index contributed by atoms with van der Waals surface area (Å²) in [6.45, 7) is 4.42. The zero-order valence-corrected chi connectivity index (χ0v) is 12.0. The largest absolute Gasteiger partial charge is 0.488 e. The number of nitrogens with one attached hydrogen (secondary N) is 1. The van der Waals surface area contributed by atoms with Gasteiger partial charge < -0.3 is 10.1 Å². The van der Waals surface area contributed by atoms with Gasteiger partial charge in [-0.05, 0) is 32.5 Å². The molecule has 1 N–H and O–H groups in total. The van der Waals surface area contributed by atoms with Crippen molar-refractivity contribution < 1.29 is 13.2 Å². The molecule has 4 nitrogen and oxygen atoms in total. The summed E-state index contributed by atoms with van der Waals surface area (Å²) in [6, 6.07) is 6.81. The molecule has 0 bridgehead atoms. The highest BCUT2D eigenvalue weighted by atomic mass is 32.2. The van der Waals surface area contributed by atoms with Crippen molar-refractivity contribution in [2.24, 2.45) is 0 Å². The number of hydrogen-bond acceptors (Lipinski definition) is 4. The normalized spacial score (nSPS) is 13.3. The molecule has 1 unspecified atom stereocenters. The van der Waals surface area contributed by atoms with E-state index in [9.17, 15) is 8.42 Å². The molecular weight excluding hydrogens is 250 g/mol. The van der Waals surface area contributed by atoms with Gasteiger partial charge in [-0.15, -0.1) is 0 Å². The minimum atomic E-state index is -3.25. The monoisotopic (exact) mass is 271 g/mol. The molecule has 102 valence electrons. The zero-order valence-electron chi connectivity index (χ0n) is 11.1. The first-order valence-electron chi connectivity index (χ1n) is 6.14. The topological polar surface area (TPSA) is 55.4 Å². The van der Waals surface area contributed by atoms with Crippen LogP contribution in [0.25, 0.3) is 0 Å². The van der Waals surface area contributed by atoms with Crippen LogP contribution < -0.4 is 10.1 Å². The van der Waals surface area contributed by atoms with Gasteiger partial charge in [-0.2, -0.15) is 0 Å². The molecule has 1 atom stereocenters. The van der Waals surface area contributed by atoms with E-state index >= 15 is 0 Å². The number of benzene rings is 1. The third-order valence-corrected chi connectivity index (χ3v) is 4.43. The van der Waals surface area contributed by atoms with Crippen LogP contribution in [-0.4, -0.2) is 33.9 Å². The summed E-state index contributed by atoms with van der Waals surface area (Å²) in [5, 5.41) is 3.00. The smallest absolute Gasteiger partial charge is 0.182 e. The Labute approximate surface area is 109 Å². The van der Waals surface area contributed by atoms with E-state index in [2.05, 4.69) is 5.32 Å². The fourth-order valence-electron chi connectivity index (χ4n) is 1.73. The number of sulfone groups is 1. The van der Waals surface area contributed by atoms with Crippen molar-refractivity contribution in [3.8, 4) is 5.75 Å². The molecule has 0 aromatic heterocycles. The average molecular weight is 271 g/mol. The van der Waals surface area contributed by atoms with Crippen LogP contribution >= 0.6 is 0 Å². The highest BCUT2D eigenvalue weighted by Crippen LogP contribution is 2.25. The van der Waals surface area contributed by atoms with Crippen molar-refractivity contribution >= 4 is 9.84 Å². The van der Waals surface area contributed by atoms with E-state index in [1.54, 1.807) is 24.3 Å². The molecule has 0 aliphatic rings. The van der Waals surface area contributed by atoms with Crippen LogP contribution in [0.15, 0.2) is 29.2 Å². The Kier molecular flexibility index (Phi) is 5.62. The summed E-state index contributed by atoms with van der Waals surface area (Å²) in [6.07, 6.45) is 0.524. The zero-order chi connectivity index (χ0) is 13.6. The molecule has 0 aliphatic carbocycles. The van der Waals surface area contributed by atoms with Gasteiger partial charge in [0.2, 0.25) is 0 Å². The van der Waals surface area contributed by atoms with Crippen molar-refractivity contribution in [2.75, 3.05) is 19.3 Å². The second kappa shape index (κ2) is 6.75. The van der Waals surface area contributed by atoms with E-state index in [0.717, 1.165) is 0 Å². The Morgan fingerprint density at radius 3 is 2.61 bits per heavy atom. The molecule has 0 saturated heterocycles. The third kappa shape index (κ3) is 3.99. The van der Waals surface area contributed by atoms with Crippen molar-refractivity contribution in [1.29, 1.82) is 0 Å². The van der Waals surface area contributed by atoms with E-state index in [1.165, 1.54) is 0 Å². The summed E-state index contributed by atoms with van der Waals surface area (Å²) in [5.41, 5.74) is 0. The van der Waals surface area contributed by atoms with Crippen LogP contribution in [0.3, 0.4) is 0 Å². The van der Waals surface area contributed by atoms with Gasteiger partial charge in [-0.1, -0.05) is 19.1 Å². The van der Waals surface area contributed by atoms with Gasteiger partial charge in [0.15, 0.2) is 9.84 Å². The van der Waals surface area contributed by atoms with Crippen LogP contribution in [0.1, 0.15) is 20.3 Å². The van der Waals surface area contributed by atoms with Crippen LogP contribution in [0.5, 0.6) is 5.75 Å². The fourth-order valence-corrected chi connectivity index (χ4v) is 3.19. The minimum Gasteiger partial charge on any atom is -0.488 e. The van der Waals surface area contributed by atoms with Gasteiger partial charge in [-0.3, -0.25) is 0 Å². The maximum absolute atomic E-state index is 12.1. The van der Waals surface area contributed by atoms with E-state index in [1.807, 2.05) is 20.9 Å². The lowest BCUT2D eigenvalue weighted by Gasteiger charge is -2.17. The van der Waals surface area contributed by atoms with E-state index in [0.29, 0.717) is 18.7 Å². The molecule has 5 heteroatoms. The Balaban J connectivity index is 3.00. The molecule has 1 aromatic carbocycles. The molecular formula is C13H21NO3S. The number of likely N-dealkylation sites (N-methyl/N-ethyl adjacent to an activating group) is 1. The second-order valence-corrected chi connectivity index (χ2v) is 6.33. The Morgan fingerprint density at radius 2 is 2.00 bits per heavy atom. The molecule has 0 saturated carbocycles. The first-order valence-corrected chi connectivity index (χ1v) is 7.79. The summed E-state index contributed by atoms with van der Waals surface area (Å²) in [4.78, 5) is 0.287. The van der Waals surface area contributed by atoms with E-state index < -0.39 is 9.84 Å². The molecule has 0 radical (unpaired) electrons. The molecule has 0 amide bonds. The quantitative estimate of drug-likeness (QED) is 0.822. The Bertz CT molecular complexity index is 471. The molecule has 0 heterocycles. The Hall–Kier alpha value is -1.07. The van der Waals surface area contributed by atoms with Crippen LogP contribution in [0.4, 0.5) is 0 Å². The van der Waals surface area contributed by atoms with Gasteiger partial charge in [-0.25, -0.2) is 8.42 Å². The molecule has 0 fully saturated rings. The van der Waals surface area contributed by atoms with E-state index in [4.69, 9.17) is 4.74 Å². The minimum absolute atomic E-state index is 0.0759. The summed E-state index contributed by atoms with van der Waals surface area (Å²) < 4.78 is 29.9. The summed E-state index contributed by atoms with van der Waals surface area (Å²) in [7, 11) is -1.41. The van der Waals surface area contributed by atoms with Gasteiger partial charge in [0.25, 0.3) is 0 Å². The lowest BCUT2D eigenvalue weighted by atomic mass is 10.3. The molecule has 1 aromatic rings. The number of rotatable bonds is 7. The van der Waals surface area contributed by atoms with E-state index in [-0.39, 0.29) is 16.8 Å². The van der Waals surface area contributed by atoms with Crippen LogP contribution in [0, 0.1) is 0 Å². The first kappa shape index (κ1) is 15.0. The molecule has 0 spiro atoms. The van der Waals surface area contributed by atoms with Crippen molar-refractivity contribution in [3.63, 3.8) is 0 Å². The van der Waals surface area contributed by atoms with Crippen molar-refractivity contribution in [1.82, 2.24) is 5.32 Å². The standard InChI is InChI=1S/C13H21NO3S/c1-4-9-18(15,16)13-8-6-5-7-12(13)17-11(2)10-14-3/h5-8,11,14H,4,9-10H2,1-3H3. The molecule has 18 heavy (non-hydrogen) atoms. The lowest BCUT2D eigenvalue weighted by molar-refractivity contribution is 0.215. The number of ether oxygens (including phenoxy) is 1. The van der Waals surface area contributed by atoms with Gasteiger partial charge in [0.05, 0.1) is 5.75 Å². The molecule has 1 rings (SSSR count). The summed E-state index contributed by atoms with van der Waals surface area (Å²) in [5.74, 6) is 0.585. The van der Waals surface area contributed by atoms with Crippen molar-refractivity contribution in [2.45, 2.75) is 31.3 Å². The lowest BCUT2D eigenvalue weighted by Crippen LogP contribution is -2.26. The highest BCUT2D eigenvalue weighted by Gasteiger charge is 2.19. The second-order valence-electron chi connectivity index (χ2n) is 4.25. The number of hydrogen-bond donors (Lipinski definition) is 1. The van der Waals surface area contributed by atoms with Crippen LogP contribution in [0.2, 0.25) is 0 Å². The average Bonchev–Trinajstić information content (AvgIpc) is 2.29. The fraction of sp³-hybridized carbons (Fsp3) is 0.538. The predicted octanol–water partition coefficient (Wildman–Crippen LogP) is 1.86. The maximum atomic E-state index is 12.1. The number of para-hydroxylation sites is 1. The SMILES string of the molecule is CCCS(=O)(=O)c1ccccc1OC(C)CNC. The van der Waals surface area contributed by atoms with Crippen molar-refractivity contribution in [3.05, 3.63) is 24.3 Å². The van der Waals surface area contributed by atoms with Gasteiger partial charge in [0, 0.05) is 6.54 Å². The van der Waals surface area contributed by atoms with Crippen LogP contribution in [-0.2, 0) is 9.84 Å². The summed E-state index contributed by atoms with van der Waals surface area (Å²) >= 11 is 0. The Morgan fingerprint density at radius 1 is 1.33 bits per heavy atom. The maximum Gasteiger partial charge on any atom is 0.182 e. The highest BCUT2D eigenvalue weighted by molar-refractivity contribution is 7.91.